The van der Waals surface area contributed by atoms with Crippen LogP contribution < -0.4 is 4.74 Å². The maximum absolute atomic E-state index is 10.5. The lowest BCUT2D eigenvalue weighted by atomic mass is 9.96. The summed E-state index contributed by atoms with van der Waals surface area (Å²) >= 11 is 3.55. The van der Waals surface area contributed by atoms with Crippen LogP contribution in [-0.4, -0.2) is 26.2 Å². The number of halogens is 1. The summed E-state index contributed by atoms with van der Waals surface area (Å²) in [5.74, 6) is 0.677. The fourth-order valence-corrected chi connectivity index (χ4v) is 4.65. The molecule has 1 aliphatic carbocycles. The van der Waals surface area contributed by atoms with E-state index in [0.29, 0.717) is 12.2 Å². The molecule has 0 saturated carbocycles. The van der Waals surface area contributed by atoms with E-state index in [2.05, 4.69) is 62.6 Å². The van der Waals surface area contributed by atoms with Gasteiger partial charge in [0.05, 0.1) is 17.7 Å². The molecule has 0 atom stereocenters. The van der Waals surface area contributed by atoms with Gasteiger partial charge in [0.2, 0.25) is 0 Å². The first kappa shape index (κ1) is 21.1. The predicted molar refractivity (Wildman–Crippen MR) is 119 cm³/mol. The predicted octanol–water partition coefficient (Wildman–Crippen LogP) is 5.20. The number of hydrogen-bond acceptors (Lipinski definition) is 4. The summed E-state index contributed by atoms with van der Waals surface area (Å²) in [4.78, 5) is 0. The quantitative estimate of drug-likeness (QED) is 0.272. The third kappa shape index (κ3) is 4.92. The molecule has 0 bridgehead atoms. The average molecular weight is 489 g/mol. The summed E-state index contributed by atoms with van der Waals surface area (Å²) < 4.78 is 40.4. The van der Waals surface area contributed by atoms with Crippen LogP contribution in [0.25, 0.3) is 11.1 Å². The smallest absolute Gasteiger partial charge is 0.397 e. The second-order valence-corrected chi connectivity index (χ2v) is 9.12. The molecule has 3 aromatic carbocycles. The molecule has 0 heterocycles. The molecule has 1 aliphatic rings. The minimum absolute atomic E-state index is 0.129. The van der Waals surface area contributed by atoms with Gasteiger partial charge in [-0.25, -0.2) is 4.18 Å². The highest BCUT2D eigenvalue weighted by Crippen LogP contribution is 2.39. The molecule has 0 fully saturated rings. The monoisotopic (exact) mass is 488 g/mol. The summed E-state index contributed by atoms with van der Waals surface area (Å²) in [6.45, 7) is 0.147. The van der Waals surface area contributed by atoms with Crippen LogP contribution in [0.2, 0.25) is 0 Å². The van der Waals surface area contributed by atoms with Crippen LogP contribution in [0.15, 0.2) is 65.1 Å². The Morgan fingerprint density at radius 2 is 1.77 bits per heavy atom. The highest BCUT2D eigenvalue weighted by atomic mass is 79.9. The zero-order valence-corrected chi connectivity index (χ0v) is 18.6. The first-order chi connectivity index (χ1) is 14.4. The highest BCUT2D eigenvalue weighted by molar-refractivity contribution is 9.10. The number of ether oxygens (including phenoxy) is 1. The number of hydrogen-bond donors (Lipinski definition) is 1. The molecule has 0 radical (unpaired) electrons. The van der Waals surface area contributed by atoms with Gasteiger partial charge >= 0.3 is 10.4 Å². The molecule has 1 N–H and O–H groups in total. The maximum Gasteiger partial charge on any atom is 0.397 e. The van der Waals surface area contributed by atoms with Crippen molar-refractivity contribution in [1.29, 1.82) is 0 Å². The molecular weight excluding hydrogens is 468 g/mol. The van der Waals surface area contributed by atoms with Crippen LogP contribution in [0.5, 0.6) is 5.75 Å². The van der Waals surface area contributed by atoms with Gasteiger partial charge in [-0.1, -0.05) is 48.5 Å². The Balaban J connectivity index is 1.41. The summed E-state index contributed by atoms with van der Waals surface area (Å²) in [6, 6.07) is 21.1. The van der Waals surface area contributed by atoms with E-state index in [9.17, 15) is 8.42 Å². The van der Waals surface area contributed by atoms with Gasteiger partial charge in [-0.2, -0.15) is 8.42 Å². The Kier molecular flexibility index (Phi) is 6.24. The molecule has 0 aliphatic heterocycles. The van der Waals surface area contributed by atoms with Crippen LogP contribution in [0.4, 0.5) is 0 Å². The van der Waals surface area contributed by atoms with Crippen molar-refractivity contribution in [2.24, 2.45) is 0 Å². The zero-order valence-electron chi connectivity index (χ0n) is 16.2. The van der Waals surface area contributed by atoms with Crippen LogP contribution in [0, 0.1) is 0 Å². The topological polar surface area (TPSA) is 72.8 Å². The second-order valence-electron chi connectivity index (χ2n) is 7.17. The molecule has 0 aromatic heterocycles. The van der Waals surface area contributed by atoms with E-state index >= 15 is 0 Å². The van der Waals surface area contributed by atoms with E-state index in [1.807, 2.05) is 18.2 Å². The van der Waals surface area contributed by atoms with E-state index in [1.165, 1.54) is 33.4 Å². The standard InChI is InChI=1S/C23H21BrO5S/c24-22-14-16(9-10-23(22)28-11-4-12-29-30(25,26)27)13-17-6-3-8-20-19-7-2-1-5-18(19)15-21(17)20/h1-3,5-10,14H,4,11-13,15H2,(H,25,26,27). The molecular formula is C23H21BrO5S. The van der Waals surface area contributed by atoms with Crippen molar-refractivity contribution >= 4 is 26.3 Å². The average Bonchev–Trinajstić information content (AvgIpc) is 3.08. The Labute approximate surface area is 184 Å². The lowest BCUT2D eigenvalue weighted by Crippen LogP contribution is -2.08. The van der Waals surface area contributed by atoms with Gasteiger partial charge in [0.1, 0.15) is 5.75 Å². The lowest BCUT2D eigenvalue weighted by molar-refractivity contribution is 0.229. The van der Waals surface area contributed by atoms with Crippen molar-refractivity contribution in [2.45, 2.75) is 19.3 Å². The fourth-order valence-electron chi connectivity index (χ4n) is 3.79. The molecule has 0 spiro atoms. The molecule has 0 unspecified atom stereocenters. The van der Waals surface area contributed by atoms with Crippen molar-refractivity contribution in [3.8, 4) is 16.9 Å². The van der Waals surface area contributed by atoms with Gasteiger partial charge in [-0.3, -0.25) is 4.55 Å². The number of rotatable bonds is 8. The first-order valence-electron chi connectivity index (χ1n) is 9.63. The van der Waals surface area contributed by atoms with Crippen LogP contribution in [0.3, 0.4) is 0 Å². The van der Waals surface area contributed by atoms with Gasteiger partial charge in [0.15, 0.2) is 0 Å². The third-order valence-corrected chi connectivity index (χ3v) is 6.20. The summed E-state index contributed by atoms with van der Waals surface area (Å²) in [5, 5.41) is 0. The van der Waals surface area contributed by atoms with Crippen LogP contribution >= 0.6 is 15.9 Å². The Morgan fingerprint density at radius 3 is 2.57 bits per heavy atom. The first-order valence-corrected chi connectivity index (χ1v) is 11.8. The van der Waals surface area contributed by atoms with Crippen molar-refractivity contribution in [2.75, 3.05) is 13.2 Å². The van der Waals surface area contributed by atoms with E-state index in [0.717, 1.165) is 17.3 Å². The number of benzene rings is 3. The lowest BCUT2D eigenvalue weighted by Gasteiger charge is -2.12. The van der Waals surface area contributed by atoms with Crippen LogP contribution in [0.1, 0.15) is 28.7 Å². The zero-order chi connectivity index (χ0) is 21.1. The SMILES string of the molecule is O=S(=O)(O)OCCCOc1ccc(Cc2cccc3c2Cc2ccccc2-3)cc1Br. The highest BCUT2D eigenvalue weighted by Gasteiger charge is 2.20. The Bertz CT molecular complexity index is 1170. The minimum Gasteiger partial charge on any atom is -0.492 e. The van der Waals surface area contributed by atoms with Gasteiger partial charge < -0.3 is 4.74 Å². The van der Waals surface area contributed by atoms with E-state index < -0.39 is 10.4 Å². The van der Waals surface area contributed by atoms with Gasteiger partial charge in [-0.15, -0.1) is 0 Å². The molecule has 156 valence electrons. The van der Waals surface area contributed by atoms with Crippen molar-refractivity contribution in [3.63, 3.8) is 0 Å². The van der Waals surface area contributed by atoms with Gasteiger partial charge in [0, 0.05) is 6.42 Å². The van der Waals surface area contributed by atoms with E-state index in [1.54, 1.807) is 0 Å². The van der Waals surface area contributed by atoms with E-state index in [4.69, 9.17) is 9.29 Å². The summed E-state index contributed by atoms with van der Waals surface area (Å²) in [7, 11) is -4.40. The van der Waals surface area contributed by atoms with E-state index in [-0.39, 0.29) is 13.2 Å². The molecule has 7 heteroatoms. The third-order valence-electron chi connectivity index (χ3n) is 5.12. The van der Waals surface area contributed by atoms with Gasteiger partial charge in [0.25, 0.3) is 0 Å². The second kappa shape index (κ2) is 8.89. The molecule has 3 aromatic rings. The minimum atomic E-state index is -4.40. The Morgan fingerprint density at radius 1 is 0.967 bits per heavy atom. The number of fused-ring (bicyclic) bond motifs is 3. The fraction of sp³-hybridized carbons (Fsp3) is 0.217. The summed E-state index contributed by atoms with van der Waals surface area (Å²) in [5.41, 5.74) is 7.93. The largest absolute Gasteiger partial charge is 0.492 e. The van der Waals surface area contributed by atoms with Crippen molar-refractivity contribution < 1.29 is 21.9 Å². The molecule has 30 heavy (non-hydrogen) atoms. The Hall–Kier alpha value is -2.19. The van der Waals surface area contributed by atoms with Gasteiger partial charge in [-0.05, 0) is 74.3 Å². The summed E-state index contributed by atoms with van der Waals surface area (Å²) in [6.07, 6.45) is 2.14. The molecule has 0 amide bonds. The molecule has 4 rings (SSSR count). The van der Waals surface area contributed by atoms with Crippen LogP contribution in [-0.2, 0) is 27.4 Å². The molecule has 5 nitrogen and oxygen atoms in total. The van der Waals surface area contributed by atoms with Crippen molar-refractivity contribution in [3.05, 3.63) is 87.4 Å². The normalized spacial score (nSPS) is 12.5. The maximum atomic E-state index is 10.5. The molecule has 0 saturated heterocycles. The van der Waals surface area contributed by atoms with Crippen molar-refractivity contribution in [1.82, 2.24) is 0 Å².